The standard InChI is InChI=1S/C16H17N3O2/c1-16(2,11-17)15(20)18-9-10-21-14-8-7-12-5-3-4-6-13(12)19-14/h3-8H,9-10H2,1-2H3,(H,18,20). The molecule has 0 saturated heterocycles. The number of amides is 1. The number of para-hydroxylation sites is 1. The highest BCUT2D eigenvalue weighted by Crippen LogP contribution is 2.16. The number of nitrogens with one attached hydrogen (secondary N) is 1. The van der Waals surface area contributed by atoms with Crippen molar-refractivity contribution in [2.75, 3.05) is 13.2 Å². The summed E-state index contributed by atoms with van der Waals surface area (Å²) in [6, 6.07) is 13.5. The van der Waals surface area contributed by atoms with E-state index in [0.717, 1.165) is 10.9 Å². The largest absolute Gasteiger partial charge is 0.476 e. The highest BCUT2D eigenvalue weighted by Gasteiger charge is 2.26. The quantitative estimate of drug-likeness (QED) is 0.854. The average Bonchev–Trinajstić information content (AvgIpc) is 2.51. The number of hydrogen-bond acceptors (Lipinski definition) is 4. The van der Waals surface area contributed by atoms with Crippen LogP contribution in [0, 0.1) is 16.7 Å². The first-order valence-corrected chi connectivity index (χ1v) is 6.71. The van der Waals surface area contributed by atoms with Gasteiger partial charge in [-0.3, -0.25) is 4.79 Å². The van der Waals surface area contributed by atoms with E-state index >= 15 is 0 Å². The minimum Gasteiger partial charge on any atom is -0.476 e. The zero-order valence-corrected chi connectivity index (χ0v) is 12.1. The SMILES string of the molecule is CC(C)(C#N)C(=O)NCCOc1ccc2ccccc2n1. The van der Waals surface area contributed by atoms with Crippen LogP contribution in [0.4, 0.5) is 0 Å². The summed E-state index contributed by atoms with van der Waals surface area (Å²) in [7, 11) is 0. The van der Waals surface area contributed by atoms with Crippen LogP contribution in [-0.4, -0.2) is 24.0 Å². The van der Waals surface area contributed by atoms with Crippen molar-refractivity contribution < 1.29 is 9.53 Å². The summed E-state index contributed by atoms with van der Waals surface area (Å²) < 4.78 is 5.50. The van der Waals surface area contributed by atoms with Crippen molar-refractivity contribution in [2.24, 2.45) is 5.41 Å². The van der Waals surface area contributed by atoms with Crippen molar-refractivity contribution in [3.05, 3.63) is 36.4 Å². The third kappa shape index (κ3) is 3.69. The molecule has 0 aliphatic carbocycles. The molecule has 5 heteroatoms. The minimum absolute atomic E-state index is 0.304. The molecule has 5 nitrogen and oxygen atoms in total. The van der Waals surface area contributed by atoms with Crippen molar-refractivity contribution >= 4 is 16.8 Å². The molecule has 0 unspecified atom stereocenters. The molecular formula is C16H17N3O2. The molecule has 2 rings (SSSR count). The second-order valence-electron chi connectivity index (χ2n) is 5.18. The first-order chi connectivity index (χ1) is 10.0. The van der Waals surface area contributed by atoms with Crippen LogP contribution in [0.1, 0.15) is 13.8 Å². The second-order valence-corrected chi connectivity index (χ2v) is 5.18. The molecule has 1 N–H and O–H groups in total. The Morgan fingerprint density at radius 1 is 1.33 bits per heavy atom. The van der Waals surface area contributed by atoms with Crippen LogP contribution in [0.15, 0.2) is 36.4 Å². The van der Waals surface area contributed by atoms with Crippen molar-refractivity contribution in [2.45, 2.75) is 13.8 Å². The zero-order chi connectivity index (χ0) is 15.3. The summed E-state index contributed by atoms with van der Waals surface area (Å²) in [6.07, 6.45) is 0. The number of nitriles is 1. The third-order valence-corrected chi connectivity index (χ3v) is 3.06. The maximum atomic E-state index is 11.7. The lowest BCUT2D eigenvalue weighted by atomic mass is 9.95. The summed E-state index contributed by atoms with van der Waals surface area (Å²) in [5.41, 5.74) is -0.161. The number of carbonyl (C=O) groups excluding carboxylic acids is 1. The lowest BCUT2D eigenvalue weighted by Gasteiger charge is -2.15. The molecular weight excluding hydrogens is 266 g/mol. The highest BCUT2D eigenvalue weighted by molar-refractivity contribution is 5.84. The smallest absolute Gasteiger partial charge is 0.240 e. The summed E-state index contributed by atoms with van der Waals surface area (Å²) in [5.74, 6) is 0.211. The van der Waals surface area contributed by atoms with Crippen LogP contribution in [0.2, 0.25) is 0 Å². The van der Waals surface area contributed by atoms with E-state index in [1.165, 1.54) is 0 Å². The molecule has 0 aliphatic heterocycles. The number of ether oxygens (including phenoxy) is 1. The first-order valence-electron chi connectivity index (χ1n) is 6.71. The number of carbonyl (C=O) groups is 1. The van der Waals surface area contributed by atoms with E-state index in [0.29, 0.717) is 19.0 Å². The van der Waals surface area contributed by atoms with E-state index in [4.69, 9.17) is 10.00 Å². The fraction of sp³-hybridized carbons (Fsp3) is 0.312. The summed E-state index contributed by atoms with van der Waals surface area (Å²) >= 11 is 0. The van der Waals surface area contributed by atoms with E-state index in [1.54, 1.807) is 19.9 Å². The number of pyridine rings is 1. The van der Waals surface area contributed by atoms with Gasteiger partial charge in [0.2, 0.25) is 11.8 Å². The van der Waals surface area contributed by atoms with E-state index in [2.05, 4.69) is 10.3 Å². The van der Waals surface area contributed by atoms with E-state index < -0.39 is 5.41 Å². The van der Waals surface area contributed by atoms with Crippen molar-refractivity contribution in [1.82, 2.24) is 10.3 Å². The highest BCUT2D eigenvalue weighted by atomic mass is 16.5. The van der Waals surface area contributed by atoms with Gasteiger partial charge in [0.1, 0.15) is 12.0 Å². The van der Waals surface area contributed by atoms with Gasteiger partial charge in [0.15, 0.2) is 0 Å². The Bertz CT molecular complexity index is 689. The van der Waals surface area contributed by atoms with Crippen LogP contribution >= 0.6 is 0 Å². The minimum atomic E-state index is -1.03. The van der Waals surface area contributed by atoms with E-state index in [9.17, 15) is 4.79 Å². The van der Waals surface area contributed by atoms with Gasteiger partial charge in [-0.2, -0.15) is 5.26 Å². The lowest BCUT2D eigenvalue weighted by molar-refractivity contribution is -0.126. The van der Waals surface area contributed by atoms with E-state index in [-0.39, 0.29) is 5.91 Å². The van der Waals surface area contributed by atoms with Crippen LogP contribution in [0.25, 0.3) is 10.9 Å². The Balaban J connectivity index is 1.86. The van der Waals surface area contributed by atoms with Gasteiger partial charge < -0.3 is 10.1 Å². The number of rotatable bonds is 5. The molecule has 0 aliphatic rings. The fourth-order valence-corrected chi connectivity index (χ4v) is 1.72. The van der Waals surface area contributed by atoms with Gasteiger partial charge in [0, 0.05) is 11.5 Å². The predicted molar refractivity (Wildman–Crippen MR) is 79.6 cm³/mol. The topological polar surface area (TPSA) is 75.0 Å². The van der Waals surface area contributed by atoms with Crippen LogP contribution < -0.4 is 10.1 Å². The number of benzene rings is 1. The van der Waals surface area contributed by atoms with Crippen LogP contribution in [0.3, 0.4) is 0 Å². The Morgan fingerprint density at radius 2 is 2.10 bits per heavy atom. The Hall–Kier alpha value is -2.61. The van der Waals surface area contributed by atoms with Gasteiger partial charge in [0.05, 0.1) is 18.1 Å². The van der Waals surface area contributed by atoms with Crippen molar-refractivity contribution in [3.63, 3.8) is 0 Å². The molecule has 0 fully saturated rings. The average molecular weight is 283 g/mol. The van der Waals surface area contributed by atoms with Crippen LogP contribution in [-0.2, 0) is 4.79 Å². The summed E-state index contributed by atoms with van der Waals surface area (Å²) in [5, 5.41) is 12.6. The number of fused-ring (bicyclic) bond motifs is 1. The molecule has 1 heterocycles. The maximum absolute atomic E-state index is 11.7. The zero-order valence-electron chi connectivity index (χ0n) is 12.1. The normalized spacial score (nSPS) is 10.9. The molecule has 108 valence electrons. The number of aromatic nitrogens is 1. The summed E-state index contributed by atoms with van der Waals surface area (Å²) in [4.78, 5) is 16.0. The van der Waals surface area contributed by atoms with Crippen LogP contribution in [0.5, 0.6) is 5.88 Å². The molecule has 0 bridgehead atoms. The summed E-state index contributed by atoms with van der Waals surface area (Å²) in [6.45, 7) is 3.79. The molecule has 1 aromatic carbocycles. The Morgan fingerprint density at radius 3 is 2.86 bits per heavy atom. The molecule has 2 aromatic rings. The third-order valence-electron chi connectivity index (χ3n) is 3.06. The van der Waals surface area contributed by atoms with Gasteiger partial charge >= 0.3 is 0 Å². The Kier molecular flexibility index (Phi) is 4.39. The first kappa shape index (κ1) is 14.8. The maximum Gasteiger partial charge on any atom is 0.240 e. The van der Waals surface area contributed by atoms with Gasteiger partial charge in [-0.15, -0.1) is 0 Å². The van der Waals surface area contributed by atoms with E-state index in [1.807, 2.05) is 36.4 Å². The molecule has 0 saturated carbocycles. The van der Waals surface area contributed by atoms with Gasteiger partial charge in [-0.25, -0.2) is 4.98 Å². The van der Waals surface area contributed by atoms with Gasteiger partial charge in [-0.1, -0.05) is 18.2 Å². The second kappa shape index (κ2) is 6.23. The predicted octanol–water partition coefficient (Wildman–Crippen LogP) is 2.28. The Labute approximate surface area is 123 Å². The van der Waals surface area contributed by atoms with Gasteiger partial charge in [-0.05, 0) is 26.0 Å². The molecule has 1 aromatic heterocycles. The fourth-order valence-electron chi connectivity index (χ4n) is 1.72. The lowest BCUT2D eigenvalue weighted by Crippen LogP contribution is -2.38. The number of hydrogen-bond donors (Lipinski definition) is 1. The van der Waals surface area contributed by atoms with Crippen molar-refractivity contribution in [3.8, 4) is 11.9 Å². The monoisotopic (exact) mass is 283 g/mol. The molecule has 0 atom stereocenters. The molecule has 1 amide bonds. The number of nitrogens with zero attached hydrogens (tertiary/aromatic N) is 2. The van der Waals surface area contributed by atoms with Crippen molar-refractivity contribution in [1.29, 1.82) is 5.26 Å². The molecule has 21 heavy (non-hydrogen) atoms. The van der Waals surface area contributed by atoms with Gasteiger partial charge in [0.25, 0.3) is 0 Å². The molecule has 0 spiro atoms. The molecule has 0 radical (unpaired) electrons.